The minimum atomic E-state index is 0. The topological polar surface area (TPSA) is 59.9 Å². The standard InChI is InChI=1S/C23H35N7.HI/c1-4-24-22(29-13-15-30(16-14-29)23-25-11-8-12-26-23)27-18-20-9-7-10-21(17-20)19-28(5-2)6-3;/h7-12,17H,4-6,13-16,18-19H2,1-3H3,(H,24,27);1H. The highest BCUT2D eigenvalue weighted by Gasteiger charge is 2.21. The Balaban J connectivity index is 0.00000341. The average molecular weight is 537 g/mol. The van der Waals surface area contributed by atoms with Crippen molar-refractivity contribution in [1.82, 2.24) is 25.1 Å². The lowest BCUT2D eigenvalue weighted by molar-refractivity contribution is 0.296. The van der Waals surface area contributed by atoms with Gasteiger partial charge in [-0.25, -0.2) is 15.0 Å². The van der Waals surface area contributed by atoms with E-state index in [1.807, 2.05) is 6.07 Å². The summed E-state index contributed by atoms with van der Waals surface area (Å²) in [4.78, 5) is 20.7. The third-order valence-corrected chi connectivity index (χ3v) is 5.45. The Labute approximate surface area is 204 Å². The number of guanidine groups is 1. The number of hydrogen-bond acceptors (Lipinski definition) is 5. The van der Waals surface area contributed by atoms with E-state index in [1.165, 1.54) is 11.1 Å². The SMILES string of the molecule is CCNC(=NCc1cccc(CN(CC)CC)c1)N1CCN(c2ncccn2)CC1.I. The van der Waals surface area contributed by atoms with Crippen LogP contribution >= 0.6 is 24.0 Å². The molecule has 31 heavy (non-hydrogen) atoms. The number of rotatable bonds is 8. The second kappa shape index (κ2) is 13.5. The summed E-state index contributed by atoms with van der Waals surface area (Å²) >= 11 is 0. The molecule has 0 atom stereocenters. The zero-order valence-corrected chi connectivity index (χ0v) is 21.3. The smallest absolute Gasteiger partial charge is 0.225 e. The van der Waals surface area contributed by atoms with E-state index in [0.29, 0.717) is 6.54 Å². The molecule has 0 radical (unpaired) electrons. The maximum atomic E-state index is 4.93. The monoisotopic (exact) mass is 537 g/mol. The maximum Gasteiger partial charge on any atom is 0.225 e. The molecule has 1 aliphatic rings. The van der Waals surface area contributed by atoms with Crippen LogP contribution in [-0.4, -0.2) is 71.5 Å². The van der Waals surface area contributed by atoms with Crippen molar-refractivity contribution in [2.45, 2.75) is 33.9 Å². The van der Waals surface area contributed by atoms with Gasteiger partial charge in [-0.3, -0.25) is 4.90 Å². The molecule has 1 aliphatic heterocycles. The first-order valence-corrected chi connectivity index (χ1v) is 11.1. The molecule has 7 nitrogen and oxygen atoms in total. The first-order valence-electron chi connectivity index (χ1n) is 11.1. The number of hydrogen-bond donors (Lipinski definition) is 1. The summed E-state index contributed by atoms with van der Waals surface area (Å²) in [5.74, 6) is 1.80. The van der Waals surface area contributed by atoms with Crippen molar-refractivity contribution in [1.29, 1.82) is 0 Å². The minimum absolute atomic E-state index is 0. The Hall–Kier alpha value is -1.94. The number of nitrogens with one attached hydrogen (secondary N) is 1. The fourth-order valence-corrected chi connectivity index (χ4v) is 3.70. The number of piperazine rings is 1. The maximum absolute atomic E-state index is 4.93. The summed E-state index contributed by atoms with van der Waals surface area (Å²) in [6, 6.07) is 10.7. The third kappa shape index (κ3) is 7.60. The van der Waals surface area contributed by atoms with Crippen molar-refractivity contribution in [2.24, 2.45) is 4.99 Å². The van der Waals surface area contributed by atoms with E-state index in [-0.39, 0.29) is 24.0 Å². The Morgan fingerprint density at radius 1 is 1.00 bits per heavy atom. The molecule has 2 aromatic rings. The van der Waals surface area contributed by atoms with Gasteiger partial charge < -0.3 is 15.1 Å². The van der Waals surface area contributed by atoms with E-state index in [0.717, 1.165) is 64.3 Å². The zero-order chi connectivity index (χ0) is 21.2. The van der Waals surface area contributed by atoms with Crippen LogP contribution in [0.1, 0.15) is 31.9 Å². The number of anilines is 1. The molecule has 1 fully saturated rings. The highest BCUT2D eigenvalue weighted by Crippen LogP contribution is 2.12. The predicted molar refractivity (Wildman–Crippen MR) is 139 cm³/mol. The lowest BCUT2D eigenvalue weighted by atomic mass is 10.1. The van der Waals surface area contributed by atoms with Crippen molar-refractivity contribution in [2.75, 3.05) is 50.7 Å². The van der Waals surface area contributed by atoms with Gasteiger partial charge in [-0.15, -0.1) is 24.0 Å². The molecule has 0 unspecified atom stereocenters. The summed E-state index contributed by atoms with van der Waals surface area (Å²) in [6.07, 6.45) is 3.60. The predicted octanol–water partition coefficient (Wildman–Crippen LogP) is 3.22. The van der Waals surface area contributed by atoms with Gasteiger partial charge >= 0.3 is 0 Å². The summed E-state index contributed by atoms with van der Waals surface area (Å²) in [5.41, 5.74) is 2.61. The lowest BCUT2D eigenvalue weighted by Gasteiger charge is -2.36. The van der Waals surface area contributed by atoms with Crippen molar-refractivity contribution in [3.8, 4) is 0 Å². The second-order valence-electron chi connectivity index (χ2n) is 7.47. The number of aromatic nitrogens is 2. The van der Waals surface area contributed by atoms with Crippen LogP contribution in [0.2, 0.25) is 0 Å². The van der Waals surface area contributed by atoms with Crippen molar-refractivity contribution < 1.29 is 0 Å². The molecular formula is C23H36IN7. The van der Waals surface area contributed by atoms with Crippen LogP contribution < -0.4 is 10.2 Å². The van der Waals surface area contributed by atoms with Crippen LogP contribution in [0.5, 0.6) is 0 Å². The van der Waals surface area contributed by atoms with Gasteiger partial charge in [0.25, 0.3) is 0 Å². The molecule has 170 valence electrons. The minimum Gasteiger partial charge on any atom is -0.357 e. The molecule has 3 rings (SSSR count). The van der Waals surface area contributed by atoms with Crippen LogP contribution in [0.4, 0.5) is 5.95 Å². The number of benzene rings is 1. The molecule has 2 heterocycles. The summed E-state index contributed by atoms with van der Waals surface area (Å²) in [6.45, 7) is 14.8. The second-order valence-corrected chi connectivity index (χ2v) is 7.47. The molecule has 1 N–H and O–H groups in total. The first kappa shape index (κ1) is 25.3. The Bertz CT molecular complexity index is 788. The van der Waals surface area contributed by atoms with E-state index in [9.17, 15) is 0 Å². The van der Waals surface area contributed by atoms with Crippen LogP contribution in [0.3, 0.4) is 0 Å². The summed E-state index contributed by atoms with van der Waals surface area (Å²) < 4.78 is 0. The Morgan fingerprint density at radius 3 is 2.32 bits per heavy atom. The fraction of sp³-hybridized carbons (Fsp3) is 0.522. The fourth-order valence-electron chi connectivity index (χ4n) is 3.70. The van der Waals surface area contributed by atoms with Gasteiger partial charge in [-0.2, -0.15) is 0 Å². The molecule has 0 spiro atoms. The molecule has 0 amide bonds. The highest BCUT2D eigenvalue weighted by molar-refractivity contribution is 14.0. The zero-order valence-electron chi connectivity index (χ0n) is 19.0. The van der Waals surface area contributed by atoms with Crippen LogP contribution in [0.25, 0.3) is 0 Å². The van der Waals surface area contributed by atoms with E-state index < -0.39 is 0 Å². The lowest BCUT2D eigenvalue weighted by Crippen LogP contribution is -2.52. The van der Waals surface area contributed by atoms with Gasteiger partial charge in [-0.05, 0) is 37.2 Å². The van der Waals surface area contributed by atoms with E-state index >= 15 is 0 Å². The molecule has 0 saturated carbocycles. The Morgan fingerprint density at radius 2 is 1.68 bits per heavy atom. The van der Waals surface area contributed by atoms with Gasteiger partial charge in [-0.1, -0.05) is 38.1 Å². The highest BCUT2D eigenvalue weighted by atomic mass is 127. The molecule has 1 saturated heterocycles. The van der Waals surface area contributed by atoms with Crippen LogP contribution in [-0.2, 0) is 13.1 Å². The van der Waals surface area contributed by atoms with Crippen LogP contribution in [0.15, 0.2) is 47.7 Å². The molecule has 0 bridgehead atoms. The van der Waals surface area contributed by atoms with Crippen molar-refractivity contribution >= 4 is 35.9 Å². The van der Waals surface area contributed by atoms with E-state index in [4.69, 9.17) is 4.99 Å². The van der Waals surface area contributed by atoms with Gasteiger partial charge in [0.05, 0.1) is 6.54 Å². The average Bonchev–Trinajstić information content (AvgIpc) is 2.81. The summed E-state index contributed by atoms with van der Waals surface area (Å²) in [5, 5.41) is 3.46. The normalized spacial score (nSPS) is 14.5. The van der Waals surface area contributed by atoms with E-state index in [1.54, 1.807) is 12.4 Å². The van der Waals surface area contributed by atoms with Crippen molar-refractivity contribution in [3.05, 3.63) is 53.9 Å². The molecular weight excluding hydrogens is 501 g/mol. The first-order chi connectivity index (χ1) is 14.7. The largest absolute Gasteiger partial charge is 0.357 e. The van der Waals surface area contributed by atoms with Gasteiger partial charge in [0.1, 0.15) is 0 Å². The van der Waals surface area contributed by atoms with Crippen LogP contribution in [0, 0.1) is 0 Å². The quantitative estimate of drug-likeness (QED) is 0.317. The molecule has 1 aromatic carbocycles. The van der Waals surface area contributed by atoms with Gasteiger partial charge in [0.2, 0.25) is 5.95 Å². The van der Waals surface area contributed by atoms with E-state index in [2.05, 4.69) is 75.0 Å². The molecule has 8 heteroatoms. The number of aliphatic imine (C=N–C) groups is 1. The molecule has 0 aliphatic carbocycles. The third-order valence-electron chi connectivity index (χ3n) is 5.45. The Kier molecular flexibility index (Phi) is 11.0. The van der Waals surface area contributed by atoms with Gasteiger partial charge in [0, 0.05) is 51.7 Å². The number of nitrogens with zero attached hydrogens (tertiary/aromatic N) is 6. The van der Waals surface area contributed by atoms with Gasteiger partial charge in [0.15, 0.2) is 5.96 Å². The van der Waals surface area contributed by atoms with Crippen molar-refractivity contribution in [3.63, 3.8) is 0 Å². The summed E-state index contributed by atoms with van der Waals surface area (Å²) in [7, 11) is 0. The molecule has 1 aromatic heterocycles. The number of halogens is 1.